The van der Waals surface area contributed by atoms with E-state index in [0.717, 1.165) is 32.3 Å². The summed E-state index contributed by atoms with van der Waals surface area (Å²) in [4.78, 5) is 24.0. The van der Waals surface area contributed by atoms with Crippen molar-refractivity contribution < 1.29 is 28.5 Å². The minimum atomic E-state index is -0.652. The highest BCUT2D eigenvalue weighted by Gasteiger charge is 2.37. The van der Waals surface area contributed by atoms with E-state index in [0.29, 0.717) is 25.4 Å². The van der Waals surface area contributed by atoms with Gasteiger partial charge in [0.15, 0.2) is 12.2 Å². The van der Waals surface area contributed by atoms with E-state index in [4.69, 9.17) is 18.9 Å². The molecule has 2 aliphatic heterocycles. The largest absolute Gasteiger partial charge is 0.463 e. The van der Waals surface area contributed by atoms with Gasteiger partial charge >= 0.3 is 11.9 Å². The Labute approximate surface area is 136 Å². The minimum absolute atomic E-state index is 0.00697. The second-order valence-corrected chi connectivity index (χ2v) is 6.74. The third kappa shape index (κ3) is 4.67. The maximum atomic E-state index is 12.0. The van der Waals surface area contributed by atoms with E-state index in [1.165, 1.54) is 12.8 Å². The Hall–Kier alpha value is -1.14. The molecule has 0 amide bonds. The molecule has 6 heteroatoms. The van der Waals surface area contributed by atoms with Crippen molar-refractivity contribution in [3.63, 3.8) is 0 Å². The first-order valence-corrected chi connectivity index (χ1v) is 8.82. The maximum Gasteiger partial charge on any atom is 0.335 e. The Morgan fingerprint density at radius 2 is 1.48 bits per heavy atom. The number of ether oxygens (including phenoxy) is 4. The van der Waals surface area contributed by atoms with E-state index >= 15 is 0 Å². The van der Waals surface area contributed by atoms with Crippen LogP contribution in [0, 0.1) is 5.92 Å². The molecule has 2 saturated heterocycles. The zero-order chi connectivity index (χ0) is 16.1. The molecule has 0 radical (unpaired) electrons. The quantitative estimate of drug-likeness (QED) is 0.695. The molecule has 1 saturated carbocycles. The lowest BCUT2D eigenvalue weighted by Gasteiger charge is -2.15. The van der Waals surface area contributed by atoms with Crippen LogP contribution in [0.15, 0.2) is 0 Å². The SMILES string of the molecule is O=C(OCC1CCCC1)C1CCC(C(=O)OCC2CCCO2)O1. The smallest absolute Gasteiger partial charge is 0.335 e. The fraction of sp³-hybridized carbons (Fsp3) is 0.882. The van der Waals surface area contributed by atoms with Crippen LogP contribution in [0.5, 0.6) is 0 Å². The third-order valence-electron chi connectivity index (χ3n) is 4.92. The van der Waals surface area contributed by atoms with Crippen molar-refractivity contribution in [2.24, 2.45) is 5.92 Å². The molecule has 0 N–H and O–H groups in total. The molecule has 1 aliphatic carbocycles. The van der Waals surface area contributed by atoms with Crippen LogP contribution < -0.4 is 0 Å². The number of esters is 2. The highest BCUT2D eigenvalue weighted by atomic mass is 16.6. The average Bonchev–Trinajstić information content (AvgIpc) is 3.32. The monoisotopic (exact) mass is 326 g/mol. The lowest BCUT2D eigenvalue weighted by molar-refractivity contribution is -0.167. The number of rotatable bonds is 6. The molecule has 2 heterocycles. The molecular weight excluding hydrogens is 300 g/mol. The minimum Gasteiger partial charge on any atom is -0.463 e. The molecule has 0 aromatic rings. The number of carbonyl (C=O) groups is 2. The van der Waals surface area contributed by atoms with E-state index < -0.39 is 18.2 Å². The van der Waals surface area contributed by atoms with E-state index in [2.05, 4.69) is 0 Å². The average molecular weight is 326 g/mol. The summed E-state index contributed by atoms with van der Waals surface area (Å²) in [5.74, 6) is -0.245. The van der Waals surface area contributed by atoms with Gasteiger partial charge in [0.25, 0.3) is 0 Å². The highest BCUT2D eigenvalue weighted by Crippen LogP contribution is 2.26. The highest BCUT2D eigenvalue weighted by molar-refractivity contribution is 5.79. The van der Waals surface area contributed by atoms with Gasteiger partial charge in [0.1, 0.15) is 6.61 Å². The summed E-state index contributed by atoms with van der Waals surface area (Å²) in [6.45, 7) is 1.49. The Morgan fingerprint density at radius 3 is 2.09 bits per heavy atom. The molecule has 130 valence electrons. The molecule has 3 atom stereocenters. The van der Waals surface area contributed by atoms with Crippen LogP contribution in [0.1, 0.15) is 51.4 Å². The van der Waals surface area contributed by atoms with E-state index in [1.54, 1.807) is 0 Å². The van der Waals surface area contributed by atoms with Gasteiger partial charge in [0.05, 0.1) is 12.7 Å². The van der Waals surface area contributed by atoms with Gasteiger partial charge in [-0.25, -0.2) is 9.59 Å². The summed E-state index contributed by atoms with van der Waals surface area (Å²) in [5, 5.41) is 0. The summed E-state index contributed by atoms with van der Waals surface area (Å²) in [5.41, 5.74) is 0. The second-order valence-electron chi connectivity index (χ2n) is 6.74. The zero-order valence-electron chi connectivity index (χ0n) is 13.5. The molecule has 3 aliphatic rings. The van der Waals surface area contributed by atoms with Crippen LogP contribution in [0.25, 0.3) is 0 Å². The summed E-state index contributed by atoms with van der Waals surface area (Å²) in [6.07, 6.45) is 6.41. The summed E-state index contributed by atoms with van der Waals surface area (Å²) >= 11 is 0. The van der Waals surface area contributed by atoms with Gasteiger partial charge in [-0.2, -0.15) is 0 Å². The summed E-state index contributed by atoms with van der Waals surface area (Å²) in [7, 11) is 0. The van der Waals surface area contributed by atoms with Crippen LogP contribution in [-0.2, 0) is 28.5 Å². The van der Waals surface area contributed by atoms with Gasteiger partial charge in [0.2, 0.25) is 0 Å². The first-order valence-electron chi connectivity index (χ1n) is 8.82. The van der Waals surface area contributed by atoms with Crippen molar-refractivity contribution in [2.45, 2.75) is 69.7 Å². The molecule has 0 spiro atoms. The van der Waals surface area contributed by atoms with Crippen molar-refractivity contribution >= 4 is 11.9 Å². The summed E-state index contributed by atoms with van der Waals surface area (Å²) in [6, 6.07) is 0. The molecule has 6 nitrogen and oxygen atoms in total. The van der Waals surface area contributed by atoms with Crippen LogP contribution in [0.4, 0.5) is 0 Å². The van der Waals surface area contributed by atoms with E-state index in [-0.39, 0.29) is 18.7 Å². The first-order chi connectivity index (χ1) is 11.2. The Balaban J connectivity index is 1.35. The normalized spacial score (nSPS) is 31.4. The van der Waals surface area contributed by atoms with Gasteiger partial charge in [-0.3, -0.25) is 0 Å². The van der Waals surface area contributed by atoms with Crippen LogP contribution >= 0.6 is 0 Å². The van der Waals surface area contributed by atoms with Crippen molar-refractivity contribution in [3.05, 3.63) is 0 Å². The molecule has 3 fully saturated rings. The number of hydrogen-bond acceptors (Lipinski definition) is 6. The number of hydrogen-bond donors (Lipinski definition) is 0. The Kier molecular flexibility index (Phi) is 5.89. The van der Waals surface area contributed by atoms with Gasteiger partial charge in [-0.05, 0) is 44.4 Å². The predicted molar refractivity (Wildman–Crippen MR) is 80.7 cm³/mol. The fourth-order valence-electron chi connectivity index (χ4n) is 3.50. The third-order valence-corrected chi connectivity index (χ3v) is 4.92. The predicted octanol–water partition coefficient (Wildman–Crippen LogP) is 1.99. The van der Waals surface area contributed by atoms with Crippen molar-refractivity contribution in [2.75, 3.05) is 19.8 Å². The lowest BCUT2D eigenvalue weighted by Crippen LogP contribution is -2.30. The first kappa shape index (κ1) is 16.7. The van der Waals surface area contributed by atoms with Crippen molar-refractivity contribution in [1.29, 1.82) is 0 Å². The molecule has 23 heavy (non-hydrogen) atoms. The Bertz CT molecular complexity index is 373. The van der Waals surface area contributed by atoms with Gasteiger partial charge in [-0.15, -0.1) is 0 Å². The standard InChI is InChI=1S/C17H26O6/c18-16(21-10-12-4-1-2-5-12)14-7-8-15(23-14)17(19)22-11-13-6-3-9-20-13/h12-15H,1-11H2. The van der Waals surface area contributed by atoms with Crippen LogP contribution in [0.3, 0.4) is 0 Å². The molecule has 3 unspecified atom stereocenters. The van der Waals surface area contributed by atoms with Crippen LogP contribution in [0.2, 0.25) is 0 Å². The van der Waals surface area contributed by atoms with Crippen molar-refractivity contribution in [3.8, 4) is 0 Å². The molecular formula is C17H26O6. The van der Waals surface area contributed by atoms with E-state index in [9.17, 15) is 9.59 Å². The molecule has 0 aromatic carbocycles. The molecule has 3 rings (SSSR count). The zero-order valence-corrected chi connectivity index (χ0v) is 13.5. The fourth-order valence-corrected chi connectivity index (χ4v) is 3.50. The van der Waals surface area contributed by atoms with Gasteiger partial charge in [0, 0.05) is 6.61 Å². The van der Waals surface area contributed by atoms with Crippen molar-refractivity contribution in [1.82, 2.24) is 0 Å². The van der Waals surface area contributed by atoms with E-state index in [1.807, 2.05) is 0 Å². The topological polar surface area (TPSA) is 71.1 Å². The summed E-state index contributed by atoms with van der Waals surface area (Å²) < 4.78 is 21.5. The molecule has 0 aromatic heterocycles. The maximum absolute atomic E-state index is 12.0. The van der Waals surface area contributed by atoms with Gasteiger partial charge in [-0.1, -0.05) is 12.8 Å². The molecule has 0 bridgehead atoms. The van der Waals surface area contributed by atoms with Crippen LogP contribution in [-0.4, -0.2) is 50.1 Å². The Morgan fingerprint density at radius 1 is 0.826 bits per heavy atom. The van der Waals surface area contributed by atoms with Gasteiger partial charge < -0.3 is 18.9 Å². The number of carbonyl (C=O) groups excluding carboxylic acids is 2. The lowest BCUT2D eigenvalue weighted by atomic mass is 10.1. The second kappa shape index (κ2) is 8.11.